The van der Waals surface area contributed by atoms with Crippen molar-refractivity contribution in [2.24, 2.45) is 0 Å². The maximum Gasteiger partial charge on any atom is 0.250 e. The molecule has 2 heterocycles. The molecule has 0 saturated carbocycles. The number of rotatable bonds is 4. The Morgan fingerprint density at radius 3 is 2.75 bits per heavy atom. The molecule has 1 unspecified atom stereocenters. The average molecular weight is 328 g/mol. The second-order valence-corrected chi connectivity index (χ2v) is 6.25. The van der Waals surface area contributed by atoms with Gasteiger partial charge in [-0.05, 0) is 31.0 Å². The number of halogens is 1. The Morgan fingerprint density at radius 1 is 1.21 bits per heavy atom. The highest BCUT2D eigenvalue weighted by Crippen LogP contribution is 2.29. The summed E-state index contributed by atoms with van der Waals surface area (Å²) in [7, 11) is 0. The van der Waals surface area contributed by atoms with Gasteiger partial charge in [0.1, 0.15) is 5.82 Å². The third kappa shape index (κ3) is 3.40. The van der Waals surface area contributed by atoms with Crippen molar-refractivity contribution in [3.8, 4) is 0 Å². The van der Waals surface area contributed by atoms with E-state index in [1.807, 2.05) is 19.1 Å². The van der Waals surface area contributed by atoms with Crippen molar-refractivity contribution in [1.29, 1.82) is 0 Å². The Morgan fingerprint density at radius 2 is 2.00 bits per heavy atom. The van der Waals surface area contributed by atoms with Crippen LogP contribution in [0.1, 0.15) is 30.0 Å². The molecule has 1 amide bonds. The fraction of sp³-hybridized carbons (Fsp3) is 0.368. The van der Waals surface area contributed by atoms with Crippen LogP contribution in [0.3, 0.4) is 0 Å². The van der Waals surface area contributed by atoms with E-state index in [0.717, 1.165) is 12.1 Å². The zero-order chi connectivity index (χ0) is 17.1. The number of aromatic nitrogens is 1. The van der Waals surface area contributed by atoms with Gasteiger partial charge < -0.3 is 9.47 Å². The first-order chi connectivity index (χ1) is 11.6. The van der Waals surface area contributed by atoms with Gasteiger partial charge in [-0.25, -0.2) is 4.39 Å². The normalized spacial score (nSPS) is 17.2. The van der Waals surface area contributed by atoms with Gasteiger partial charge in [0.25, 0.3) is 5.56 Å². The van der Waals surface area contributed by atoms with Gasteiger partial charge in [-0.1, -0.05) is 24.3 Å². The van der Waals surface area contributed by atoms with Gasteiger partial charge >= 0.3 is 0 Å². The number of aryl methyl sites for hydroxylation is 1. The maximum absolute atomic E-state index is 13.9. The summed E-state index contributed by atoms with van der Waals surface area (Å²) in [5, 5.41) is 0. The molecule has 24 heavy (non-hydrogen) atoms. The number of hydrogen-bond donors (Lipinski definition) is 0. The number of carbonyl (C=O) groups excluding carboxylic acids is 1. The molecule has 0 spiro atoms. The van der Waals surface area contributed by atoms with Crippen LogP contribution < -0.4 is 5.56 Å². The van der Waals surface area contributed by atoms with Crippen LogP contribution in [-0.4, -0.2) is 28.5 Å². The SMILES string of the molecule is Cc1cccc(=O)n1CCC(=O)N1CCC(c2ccccc2F)C1. The Hall–Kier alpha value is -2.43. The summed E-state index contributed by atoms with van der Waals surface area (Å²) >= 11 is 0. The average Bonchev–Trinajstić information content (AvgIpc) is 3.04. The quantitative estimate of drug-likeness (QED) is 0.866. The largest absolute Gasteiger partial charge is 0.342 e. The van der Waals surface area contributed by atoms with Crippen LogP contribution >= 0.6 is 0 Å². The summed E-state index contributed by atoms with van der Waals surface area (Å²) in [6.07, 6.45) is 1.06. The molecule has 2 aromatic rings. The molecule has 0 bridgehead atoms. The fourth-order valence-corrected chi connectivity index (χ4v) is 3.32. The highest BCUT2D eigenvalue weighted by atomic mass is 19.1. The summed E-state index contributed by atoms with van der Waals surface area (Å²) in [5.41, 5.74) is 1.44. The van der Waals surface area contributed by atoms with Crippen molar-refractivity contribution in [1.82, 2.24) is 9.47 Å². The van der Waals surface area contributed by atoms with Crippen molar-refractivity contribution in [2.45, 2.75) is 32.2 Å². The first-order valence-corrected chi connectivity index (χ1v) is 8.25. The minimum atomic E-state index is -0.205. The first-order valence-electron chi connectivity index (χ1n) is 8.25. The number of likely N-dealkylation sites (tertiary alicyclic amines) is 1. The molecule has 3 rings (SSSR count). The molecule has 0 N–H and O–H groups in total. The molecule has 5 heteroatoms. The van der Waals surface area contributed by atoms with E-state index in [1.54, 1.807) is 27.7 Å². The van der Waals surface area contributed by atoms with E-state index in [9.17, 15) is 14.0 Å². The van der Waals surface area contributed by atoms with Crippen molar-refractivity contribution >= 4 is 5.91 Å². The molecule has 1 aromatic carbocycles. The third-order valence-corrected chi connectivity index (χ3v) is 4.70. The Labute approximate surface area is 140 Å². The van der Waals surface area contributed by atoms with E-state index < -0.39 is 0 Å². The van der Waals surface area contributed by atoms with E-state index in [-0.39, 0.29) is 29.6 Å². The highest BCUT2D eigenvalue weighted by Gasteiger charge is 2.28. The van der Waals surface area contributed by atoms with Gasteiger partial charge in [0.15, 0.2) is 0 Å². The van der Waals surface area contributed by atoms with Gasteiger partial charge in [0.2, 0.25) is 5.91 Å². The van der Waals surface area contributed by atoms with Crippen LogP contribution in [0.2, 0.25) is 0 Å². The van der Waals surface area contributed by atoms with E-state index >= 15 is 0 Å². The molecule has 0 aliphatic carbocycles. The second kappa shape index (κ2) is 6.99. The van der Waals surface area contributed by atoms with Gasteiger partial charge in [-0.3, -0.25) is 9.59 Å². The zero-order valence-corrected chi connectivity index (χ0v) is 13.7. The lowest BCUT2D eigenvalue weighted by atomic mass is 9.98. The molecule has 1 fully saturated rings. The smallest absolute Gasteiger partial charge is 0.250 e. The number of carbonyl (C=O) groups is 1. The topological polar surface area (TPSA) is 42.3 Å². The number of amides is 1. The molecule has 126 valence electrons. The number of nitrogens with zero attached hydrogens (tertiary/aromatic N) is 2. The van der Waals surface area contributed by atoms with E-state index in [0.29, 0.717) is 25.2 Å². The van der Waals surface area contributed by atoms with Gasteiger partial charge in [-0.2, -0.15) is 0 Å². The van der Waals surface area contributed by atoms with E-state index in [4.69, 9.17) is 0 Å². The molecular formula is C19H21FN2O2. The number of pyridine rings is 1. The lowest BCUT2D eigenvalue weighted by molar-refractivity contribution is -0.130. The predicted octanol–water partition coefficient (Wildman–Crippen LogP) is 2.70. The summed E-state index contributed by atoms with van der Waals surface area (Å²) in [6, 6.07) is 11.8. The summed E-state index contributed by atoms with van der Waals surface area (Å²) in [5.74, 6) is -0.136. The van der Waals surface area contributed by atoms with Crippen LogP contribution in [0.15, 0.2) is 47.3 Å². The van der Waals surface area contributed by atoms with Gasteiger partial charge in [0, 0.05) is 43.7 Å². The van der Waals surface area contributed by atoms with Crippen LogP contribution in [0.4, 0.5) is 4.39 Å². The standard InChI is InChI=1S/C19H21FN2O2/c1-14-5-4-8-19(24)22(14)12-10-18(23)21-11-9-15(13-21)16-6-2-3-7-17(16)20/h2-8,15H,9-13H2,1H3. The van der Waals surface area contributed by atoms with Crippen LogP contribution in [-0.2, 0) is 11.3 Å². The Bertz CT molecular complexity index is 800. The minimum absolute atomic E-state index is 0.0176. The molecule has 0 radical (unpaired) electrons. The second-order valence-electron chi connectivity index (χ2n) is 6.25. The number of hydrogen-bond acceptors (Lipinski definition) is 2. The van der Waals surface area contributed by atoms with Crippen LogP contribution in [0.25, 0.3) is 0 Å². The molecule has 1 aliphatic rings. The van der Waals surface area contributed by atoms with E-state index in [2.05, 4.69) is 0 Å². The zero-order valence-electron chi connectivity index (χ0n) is 13.7. The molecule has 1 aliphatic heterocycles. The maximum atomic E-state index is 13.9. The fourth-order valence-electron chi connectivity index (χ4n) is 3.32. The van der Waals surface area contributed by atoms with Crippen LogP contribution in [0.5, 0.6) is 0 Å². The lowest BCUT2D eigenvalue weighted by Crippen LogP contribution is -2.31. The van der Waals surface area contributed by atoms with Crippen molar-refractivity contribution in [2.75, 3.05) is 13.1 Å². The molecule has 4 nitrogen and oxygen atoms in total. The Balaban J connectivity index is 1.61. The highest BCUT2D eigenvalue weighted by molar-refractivity contribution is 5.76. The molecule has 1 atom stereocenters. The summed E-state index contributed by atoms with van der Waals surface area (Å²) in [4.78, 5) is 26.0. The van der Waals surface area contributed by atoms with Crippen molar-refractivity contribution < 1.29 is 9.18 Å². The Kier molecular flexibility index (Phi) is 4.79. The molecule has 1 saturated heterocycles. The minimum Gasteiger partial charge on any atom is -0.342 e. The van der Waals surface area contributed by atoms with Crippen molar-refractivity contribution in [3.63, 3.8) is 0 Å². The summed E-state index contributed by atoms with van der Waals surface area (Å²) < 4.78 is 15.5. The van der Waals surface area contributed by atoms with E-state index in [1.165, 1.54) is 12.1 Å². The molecular weight excluding hydrogens is 307 g/mol. The first kappa shape index (κ1) is 16.4. The third-order valence-electron chi connectivity index (χ3n) is 4.70. The van der Waals surface area contributed by atoms with Crippen LogP contribution in [0, 0.1) is 12.7 Å². The predicted molar refractivity (Wildman–Crippen MR) is 90.4 cm³/mol. The molecule has 1 aromatic heterocycles. The van der Waals surface area contributed by atoms with Crippen molar-refractivity contribution in [3.05, 3.63) is 69.9 Å². The van der Waals surface area contributed by atoms with Gasteiger partial charge in [-0.15, -0.1) is 0 Å². The lowest BCUT2D eigenvalue weighted by Gasteiger charge is -2.18. The monoisotopic (exact) mass is 328 g/mol. The summed E-state index contributed by atoms with van der Waals surface area (Å²) in [6.45, 7) is 3.42. The van der Waals surface area contributed by atoms with Gasteiger partial charge in [0.05, 0.1) is 0 Å². The number of benzene rings is 1.